The molecule has 45 heavy (non-hydrogen) atoms. The summed E-state index contributed by atoms with van der Waals surface area (Å²) in [6, 6.07) is 27.9. The predicted octanol–water partition coefficient (Wildman–Crippen LogP) is 6.63. The molecular formula is C35H34F2N6O2. The lowest BCUT2D eigenvalue weighted by Gasteiger charge is -2.34. The quantitative estimate of drug-likeness (QED) is 0.196. The average Bonchev–Trinajstić information content (AvgIpc) is 3.43. The highest BCUT2D eigenvalue weighted by Gasteiger charge is 2.17. The zero-order valence-corrected chi connectivity index (χ0v) is 25.1. The van der Waals surface area contributed by atoms with Crippen molar-refractivity contribution in [2.45, 2.75) is 6.54 Å². The molecule has 4 aromatic carbocycles. The molecule has 230 valence electrons. The Bertz CT molecular complexity index is 1740. The molecule has 1 amide bonds. The number of nitrogens with zero attached hydrogens (tertiary/aromatic N) is 4. The monoisotopic (exact) mass is 608 g/mol. The van der Waals surface area contributed by atoms with E-state index in [9.17, 15) is 13.6 Å². The molecule has 6 rings (SSSR count). The van der Waals surface area contributed by atoms with Crippen molar-refractivity contribution in [2.24, 2.45) is 0 Å². The summed E-state index contributed by atoms with van der Waals surface area (Å²) >= 11 is 0. The van der Waals surface area contributed by atoms with E-state index in [-0.39, 0.29) is 5.91 Å². The number of anilines is 4. The van der Waals surface area contributed by atoms with Crippen LogP contribution in [0, 0.1) is 11.6 Å². The van der Waals surface area contributed by atoms with Crippen LogP contribution in [0.5, 0.6) is 5.75 Å². The van der Waals surface area contributed by atoms with E-state index in [0.717, 1.165) is 60.5 Å². The first-order valence-corrected chi connectivity index (χ1v) is 14.7. The Labute approximate surface area is 260 Å². The molecule has 1 aliphatic rings. The van der Waals surface area contributed by atoms with E-state index >= 15 is 0 Å². The van der Waals surface area contributed by atoms with Crippen molar-refractivity contribution in [1.82, 2.24) is 14.7 Å². The molecule has 0 atom stereocenters. The Balaban J connectivity index is 1.22. The van der Waals surface area contributed by atoms with Crippen LogP contribution in [0.25, 0.3) is 11.3 Å². The summed E-state index contributed by atoms with van der Waals surface area (Å²) in [6.07, 6.45) is 0. The smallest absolute Gasteiger partial charge is 0.256 e. The Morgan fingerprint density at radius 1 is 0.822 bits per heavy atom. The second-order valence-electron chi connectivity index (χ2n) is 11.1. The van der Waals surface area contributed by atoms with Crippen LogP contribution in [0.4, 0.5) is 31.7 Å². The minimum absolute atomic E-state index is 0.248. The van der Waals surface area contributed by atoms with E-state index in [1.807, 2.05) is 83.5 Å². The van der Waals surface area contributed by atoms with Gasteiger partial charge in [0.25, 0.3) is 5.91 Å². The molecule has 0 spiro atoms. The fourth-order valence-corrected chi connectivity index (χ4v) is 5.33. The fourth-order valence-electron chi connectivity index (χ4n) is 5.33. The molecule has 0 unspecified atom stereocenters. The van der Waals surface area contributed by atoms with Gasteiger partial charge in [0.05, 0.1) is 19.3 Å². The summed E-state index contributed by atoms with van der Waals surface area (Å²) in [5.41, 5.74) is 5.27. The van der Waals surface area contributed by atoms with E-state index < -0.39 is 11.6 Å². The normalized spacial score (nSPS) is 13.5. The maximum atomic E-state index is 13.7. The number of halogens is 2. The number of methoxy groups -OCH3 is 1. The van der Waals surface area contributed by atoms with Gasteiger partial charge in [-0.3, -0.25) is 9.48 Å². The number of hydrogen-bond donors (Lipinski definition) is 2. The van der Waals surface area contributed by atoms with Crippen LogP contribution in [-0.4, -0.2) is 60.9 Å². The van der Waals surface area contributed by atoms with Crippen LogP contribution in [0.1, 0.15) is 15.9 Å². The van der Waals surface area contributed by atoms with Gasteiger partial charge < -0.3 is 25.2 Å². The third-order valence-corrected chi connectivity index (χ3v) is 7.84. The van der Waals surface area contributed by atoms with E-state index in [0.29, 0.717) is 29.3 Å². The number of amides is 1. The molecule has 10 heteroatoms. The van der Waals surface area contributed by atoms with Gasteiger partial charge in [-0.2, -0.15) is 5.10 Å². The Morgan fingerprint density at radius 2 is 1.49 bits per heavy atom. The van der Waals surface area contributed by atoms with Crippen molar-refractivity contribution >= 4 is 28.8 Å². The number of piperazine rings is 1. The topological polar surface area (TPSA) is 74.7 Å². The molecule has 0 saturated carbocycles. The molecule has 2 N–H and O–H groups in total. The lowest BCUT2D eigenvalue weighted by Crippen LogP contribution is -2.44. The molecule has 2 heterocycles. The molecule has 1 aromatic heterocycles. The van der Waals surface area contributed by atoms with Crippen LogP contribution in [0.2, 0.25) is 0 Å². The summed E-state index contributed by atoms with van der Waals surface area (Å²) < 4.78 is 34.4. The molecule has 0 aliphatic carbocycles. The number of aromatic nitrogens is 2. The first kappa shape index (κ1) is 29.8. The highest BCUT2D eigenvalue weighted by molar-refractivity contribution is 6.04. The van der Waals surface area contributed by atoms with Crippen LogP contribution in [0.3, 0.4) is 0 Å². The van der Waals surface area contributed by atoms with Gasteiger partial charge in [0.15, 0.2) is 5.82 Å². The van der Waals surface area contributed by atoms with E-state index in [2.05, 4.69) is 27.5 Å². The summed E-state index contributed by atoms with van der Waals surface area (Å²) in [5, 5.41) is 10.7. The SMILES string of the molecule is COc1ccc(Cn2nc(NC(=O)c3ccc(N4CCN(C)CC4)cc3)cc2-c2ccc(Nc3cc(F)cc(F)c3)cc2)cc1. The number of rotatable bonds is 9. The molecule has 5 aromatic rings. The summed E-state index contributed by atoms with van der Waals surface area (Å²) in [5.74, 6) is -0.381. The van der Waals surface area contributed by atoms with Gasteiger partial charge in [-0.1, -0.05) is 24.3 Å². The number of nitrogens with one attached hydrogen (secondary N) is 2. The minimum Gasteiger partial charge on any atom is -0.497 e. The highest BCUT2D eigenvalue weighted by Crippen LogP contribution is 2.28. The molecule has 8 nitrogen and oxygen atoms in total. The van der Waals surface area contributed by atoms with Gasteiger partial charge in [-0.05, 0) is 73.3 Å². The Hall–Kier alpha value is -5.22. The Kier molecular flexibility index (Phi) is 8.74. The number of benzene rings is 4. The largest absolute Gasteiger partial charge is 0.497 e. The van der Waals surface area contributed by atoms with Gasteiger partial charge in [0, 0.05) is 66.5 Å². The zero-order chi connectivity index (χ0) is 31.3. The lowest BCUT2D eigenvalue weighted by atomic mass is 10.1. The van der Waals surface area contributed by atoms with E-state index in [1.165, 1.54) is 12.1 Å². The maximum absolute atomic E-state index is 13.7. The van der Waals surface area contributed by atoms with Gasteiger partial charge in [-0.25, -0.2) is 8.78 Å². The standard InChI is InChI=1S/C35H34F2N6O2/c1-41-15-17-42(18-16-41)31-11-7-26(8-12-31)35(44)39-34-22-33(43(40-34)23-24-3-13-32(45-2)14-4-24)25-5-9-29(10-6-25)38-30-20-27(36)19-28(37)21-30/h3-14,19-22,38H,15-18,23H2,1-2H3,(H,39,40,44). The van der Waals surface area contributed by atoms with Gasteiger partial charge in [0.1, 0.15) is 17.4 Å². The van der Waals surface area contributed by atoms with Gasteiger partial charge >= 0.3 is 0 Å². The minimum atomic E-state index is -0.655. The number of hydrogen-bond acceptors (Lipinski definition) is 6. The number of ether oxygens (including phenoxy) is 1. The third-order valence-electron chi connectivity index (χ3n) is 7.84. The lowest BCUT2D eigenvalue weighted by molar-refractivity contribution is 0.102. The molecule has 0 bridgehead atoms. The van der Waals surface area contributed by atoms with E-state index in [4.69, 9.17) is 9.84 Å². The van der Waals surface area contributed by atoms with E-state index in [1.54, 1.807) is 7.11 Å². The zero-order valence-electron chi connectivity index (χ0n) is 25.1. The van der Waals surface area contributed by atoms with Crippen molar-refractivity contribution in [1.29, 1.82) is 0 Å². The Morgan fingerprint density at radius 3 is 2.13 bits per heavy atom. The first-order valence-electron chi connectivity index (χ1n) is 14.7. The van der Waals surface area contributed by atoms with Crippen LogP contribution in [-0.2, 0) is 6.54 Å². The summed E-state index contributed by atoms with van der Waals surface area (Å²) in [7, 11) is 3.75. The first-order chi connectivity index (χ1) is 21.8. The molecule has 0 radical (unpaired) electrons. The van der Waals surface area contributed by atoms with Crippen LogP contribution < -0.4 is 20.3 Å². The number of likely N-dealkylation sites (N-methyl/N-ethyl adjacent to an activating group) is 1. The van der Waals surface area contributed by atoms with Crippen molar-refractivity contribution in [2.75, 3.05) is 55.9 Å². The van der Waals surface area contributed by atoms with Crippen molar-refractivity contribution < 1.29 is 18.3 Å². The molecule has 1 fully saturated rings. The second kappa shape index (κ2) is 13.2. The van der Waals surface area contributed by atoms with Crippen molar-refractivity contribution in [3.05, 3.63) is 120 Å². The number of carbonyl (C=O) groups is 1. The summed E-state index contributed by atoms with van der Waals surface area (Å²) in [6.45, 7) is 4.39. The van der Waals surface area contributed by atoms with Crippen molar-refractivity contribution in [3.63, 3.8) is 0 Å². The third kappa shape index (κ3) is 7.30. The average molecular weight is 609 g/mol. The summed E-state index contributed by atoms with van der Waals surface area (Å²) in [4.78, 5) is 17.9. The fraction of sp³-hybridized carbons (Fsp3) is 0.200. The molecule has 1 aliphatic heterocycles. The van der Waals surface area contributed by atoms with Crippen molar-refractivity contribution in [3.8, 4) is 17.0 Å². The predicted molar refractivity (Wildman–Crippen MR) is 174 cm³/mol. The second-order valence-corrected chi connectivity index (χ2v) is 11.1. The van der Waals surface area contributed by atoms with Gasteiger partial charge in [-0.15, -0.1) is 0 Å². The van der Waals surface area contributed by atoms with Gasteiger partial charge in [0.2, 0.25) is 0 Å². The number of carbonyl (C=O) groups excluding carboxylic acids is 1. The van der Waals surface area contributed by atoms with Crippen LogP contribution in [0.15, 0.2) is 97.1 Å². The maximum Gasteiger partial charge on any atom is 0.256 e. The highest BCUT2D eigenvalue weighted by atomic mass is 19.1. The van der Waals surface area contributed by atoms with Crippen LogP contribution >= 0.6 is 0 Å². The molecular weight excluding hydrogens is 574 g/mol. The molecule has 1 saturated heterocycles.